The molecule has 0 saturated heterocycles. The summed E-state index contributed by atoms with van der Waals surface area (Å²) in [4.78, 5) is 21.7. The molecule has 0 atom stereocenters. The Morgan fingerprint density at radius 2 is 2.06 bits per heavy atom. The molecular formula is C14H20O4. The van der Waals surface area contributed by atoms with Crippen LogP contribution in [-0.2, 0) is 4.89 Å². The fourth-order valence-corrected chi connectivity index (χ4v) is 1.73. The number of para-hydroxylation sites is 1. The highest BCUT2D eigenvalue weighted by molar-refractivity contribution is 5.91. The number of benzene rings is 1. The Kier molecular flexibility index (Phi) is 4.73. The molecule has 4 nitrogen and oxygen atoms in total. The van der Waals surface area contributed by atoms with E-state index in [1.54, 1.807) is 19.1 Å². The van der Waals surface area contributed by atoms with Gasteiger partial charge in [0.05, 0.1) is 0 Å². The van der Waals surface area contributed by atoms with Crippen LogP contribution in [0.15, 0.2) is 18.2 Å². The van der Waals surface area contributed by atoms with Gasteiger partial charge in [-0.05, 0) is 38.8 Å². The van der Waals surface area contributed by atoms with Gasteiger partial charge >= 0.3 is 5.97 Å². The van der Waals surface area contributed by atoms with Crippen molar-refractivity contribution in [1.29, 1.82) is 0 Å². The van der Waals surface area contributed by atoms with Crippen LogP contribution in [0, 0.1) is 6.92 Å². The number of carboxylic acid groups (broad SMARTS) is 1. The molecule has 1 rings (SSSR count). The van der Waals surface area contributed by atoms with Gasteiger partial charge in [-0.2, -0.15) is 4.89 Å². The minimum absolute atomic E-state index is 0.113. The molecular weight excluding hydrogens is 232 g/mol. The minimum Gasteiger partial charge on any atom is -0.478 e. The molecule has 0 aromatic heterocycles. The molecule has 0 saturated carbocycles. The molecule has 0 unspecified atom stereocenters. The summed E-state index contributed by atoms with van der Waals surface area (Å²) in [6.45, 7) is 7.67. The van der Waals surface area contributed by atoms with Gasteiger partial charge in [-0.15, -0.1) is 0 Å². The molecule has 0 aliphatic rings. The third-order valence-electron chi connectivity index (χ3n) is 2.64. The van der Waals surface area contributed by atoms with Crippen LogP contribution in [0.4, 0.5) is 0 Å². The summed E-state index contributed by atoms with van der Waals surface area (Å²) >= 11 is 0. The lowest BCUT2D eigenvalue weighted by Crippen LogP contribution is -2.26. The van der Waals surface area contributed by atoms with E-state index < -0.39 is 11.6 Å². The molecule has 0 aliphatic carbocycles. The Balaban J connectivity index is 2.87. The summed E-state index contributed by atoms with van der Waals surface area (Å²) in [5.74, 6) is -0.750. The molecule has 0 amide bonds. The lowest BCUT2D eigenvalue weighted by atomic mass is 10.0. The van der Waals surface area contributed by atoms with Gasteiger partial charge in [-0.3, -0.25) is 0 Å². The van der Waals surface area contributed by atoms with Gasteiger partial charge in [0, 0.05) is 0 Å². The molecule has 0 radical (unpaired) electrons. The largest absolute Gasteiger partial charge is 0.478 e. The van der Waals surface area contributed by atoms with Crippen molar-refractivity contribution in [2.45, 2.75) is 46.1 Å². The van der Waals surface area contributed by atoms with E-state index in [0.717, 1.165) is 18.4 Å². The van der Waals surface area contributed by atoms with E-state index in [2.05, 4.69) is 6.92 Å². The van der Waals surface area contributed by atoms with E-state index in [0.29, 0.717) is 0 Å². The lowest BCUT2D eigenvalue weighted by molar-refractivity contribution is -0.283. The standard InChI is InChI=1S/C14H20O4/c1-5-9-14(3,4)18-17-12-10(2)7-6-8-11(12)13(15)16/h6-8H,5,9H2,1-4H3,(H,15,16). The summed E-state index contributed by atoms with van der Waals surface area (Å²) in [5, 5.41) is 9.09. The summed E-state index contributed by atoms with van der Waals surface area (Å²) in [6, 6.07) is 4.97. The van der Waals surface area contributed by atoms with E-state index in [1.165, 1.54) is 6.07 Å². The van der Waals surface area contributed by atoms with E-state index in [-0.39, 0.29) is 11.3 Å². The minimum atomic E-state index is -1.02. The number of carboxylic acids is 1. The molecule has 1 aromatic carbocycles. The first-order valence-electron chi connectivity index (χ1n) is 6.06. The first-order chi connectivity index (χ1) is 8.37. The summed E-state index contributed by atoms with van der Waals surface area (Å²) in [6.07, 6.45) is 1.80. The topological polar surface area (TPSA) is 55.8 Å². The molecule has 1 N–H and O–H groups in total. The maximum absolute atomic E-state index is 11.1. The predicted octanol–water partition coefficient (Wildman–Crippen LogP) is 3.58. The Morgan fingerprint density at radius 1 is 1.39 bits per heavy atom. The number of aromatic carboxylic acids is 1. The molecule has 18 heavy (non-hydrogen) atoms. The SMILES string of the molecule is CCCC(C)(C)OOc1c(C)cccc1C(=O)O. The summed E-state index contributed by atoms with van der Waals surface area (Å²) < 4.78 is 0. The predicted molar refractivity (Wildman–Crippen MR) is 68.8 cm³/mol. The van der Waals surface area contributed by atoms with Crippen molar-refractivity contribution < 1.29 is 19.7 Å². The average molecular weight is 252 g/mol. The van der Waals surface area contributed by atoms with Crippen LogP contribution in [-0.4, -0.2) is 16.7 Å². The van der Waals surface area contributed by atoms with Crippen molar-refractivity contribution in [2.75, 3.05) is 0 Å². The number of hydrogen-bond donors (Lipinski definition) is 1. The van der Waals surface area contributed by atoms with E-state index in [9.17, 15) is 4.79 Å². The zero-order chi connectivity index (χ0) is 13.8. The number of aryl methyl sites for hydroxylation is 1. The fraction of sp³-hybridized carbons (Fsp3) is 0.500. The van der Waals surface area contributed by atoms with Gasteiger partial charge in [0.1, 0.15) is 11.2 Å². The van der Waals surface area contributed by atoms with Gasteiger partial charge in [0.25, 0.3) is 0 Å². The van der Waals surface area contributed by atoms with Gasteiger partial charge in [-0.25, -0.2) is 4.79 Å². The smallest absolute Gasteiger partial charge is 0.339 e. The highest BCUT2D eigenvalue weighted by Gasteiger charge is 2.22. The van der Waals surface area contributed by atoms with Gasteiger partial charge < -0.3 is 9.99 Å². The fourth-order valence-electron chi connectivity index (χ4n) is 1.73. The highest BCUT2D eigenvalue weighted by Crippen LogP contribution is 2.26. The molecule has 0 heterocycles. The lowest BCUT2D eigenvalue weighted by Gasteiger charge is -2.23. The van der Waals surface area contributed by atoms with Gasteiger partial charge in [0.2, 0.25) is 0 Å². The Bertz CT molecular complexity index is 424. The zero-order valence-corrected chi connectivity index (χ0v) is 11.3. The van der Waals surface area contributed by atoms with Gasteiger partial charge in [0.15, 0.2) is 5.75 Å². The van der Waals surface area contributed by atoms with Crippen molar-refractivity contribution in [1.82, 2.24) is 0 Å². The van der Waals surface area contributed by atoms with Crippen LogP contribution in [0.5, 0.6) is 5.75 Å². The quantitative estimate of drug-likeness (QED) is 0.621. The van der Waals surface area contributed by atoms with Crippen LogP contribution in [0.2, 0.25) is 0 Å². The number of hydrogen-bond acceptors (Lipinski definition) is 3. The Hall–Kier alpha value is -1.55. The van der Waals surface area contributed by atoms with Crippen LogP contribution in [0.25, 0.3) is 0 Å². The first-order valence-corrected chi connectivity index (χ1v) is 6.06. The maximum atomic E-state index is 11.1. The van der Waals surface area contributed by atoms with Crippen LogP contribution in [0.1, 0.15) is 49.5 Å². The van der Waals surface area contributed by atoms with Crippen molar-refractivity contribution in [3.05, 3.63) is 29.3 Å². The Labute approximate surface area is 107 Å². The van der Waals surface area contributed by atoms with E-state index in [4.69, 9.17) is 14.9 Å². The molecule has 0 spiro atoms. The maximum Gasteiger partial charge on any atom is 0.339 e. The van der Waals surface area contributed by atoms with Crippen LogP contribution >= 0.6 is 0 Å². The molecule has 100 valence electrons. The van der Waals surface area contributed by atoms with Crippen LogP contribution in [0.3, 0.4) is 0 Å². The molecule has 0 fully saturated rings. The average Bonchev–Trinajstić information content (AvgIpc) is 2.26. The monoisotopic (exact) mass is 252 g/mol. The second-order valence-corrected chi connectivity index (χ2v) is 4.93. The number of rotatable bonds is 6. The Morgan fingerprint density at radius 3 is 2.61 bits per heavy atom. The second-order valence-electron chi connectivity index (χ2n) is 4.93. The molecule has 0 aliphatic heterocycles. The van der Waals surface area contributed by atoms with Crippen molar-refractivity contribution in [3.8, 4) is 5.75 Å². The molecule has 4 heteroatoms. The normalized spacial score (nSPS) is 11.3. The highest BCUT2D eigenvalue weighted by atomic mass is 17.2. The van der Waals surface area contributed by atoms with E-state index in [1.807, 2.05) is 13.8 Å². The summed E-state index contributed by atoms with van der Waals surface area (Å²) in [7, 11) is 0. The summed E-state index contributed by atoms with van der Waals surface area (Å²) in [5.41, 5.74) is 0.414. The number of carbonyl (C=O) groups is 1. The zero-order valence-electron chi connectivity index (χ0n) is 11.3. The first kappa shape index (κ1) is 14.5. The van der Waals surface area contributed by atoms with Crippen molar-refractivity contribution in [3.63, 3.8) is 0 Å². The third-order valence-corrected chi connectivity index (χ3v) is 2.64. The van der Waals surface area contributed by atoms with Crippen molar-refractivity contribution in [2.24, 2.45) is 0 Å². The van der Waals surface area contributed by atoms with Crippen LogP contribution < -0.4 is 4.89 Å². The molecule has 1 aromatic rings. The third kappa shape index (κ3) is 3.74. The van der Waals surface area contributed by atoms with Gasteiger partial charge in [-0.1, -0.05) is 25.5 Å². The van der Waals surface area contributed by atoms with E-state index >= 15 is 0 Å². The second kappa shape index (κ2) is 5.87. The van der Waals surface area contributed by atoms with Crippen molar-refractivity contribution >= 4 is 5.97 Å². The molecule has 0 bridgehead atoms.